The number of amides is 1. The molecule has 4 aromatic heterocycles. The van der Waals surface area contributed by atoms with Crippen molar-refractivity contribution in [1.29, 1.82) is 0 Å². The van der Waals surface area contributed by atoms with E-state index >= 15 is 0 Å². The number of rotatable bonds is 7. The summed E-state index contributed by atoms with van der Waals surface area (Å²) in [5.41, 5.74) is 11.0. The maximum absolute atomic E-state index is 14.6. The zero-order valence-electron chi connectivity index (χ0n) is 23.5. The van der Waals surface area contributed by atoms with Gasteiger partial charge in [0.05, 0.1) is 34.6 Å². The van der Waals surface area contributed by atoms with Gasteiger partial charge in [0.2, 0.25) is 5.91 Å². The quantitative estimate of drug-likeness (QED) is 0.213. The van der Waals surface area contributed by atoms with E-state index < -0.39 is 0 Å². The van der Waals surface area contributed by atoms with Gasteiger partial charge in [-0.3, -0.25) is 19.9 Å². The van der Waals surface area contributed by atoms with Crippen molar-refractivity contribution in [2.75, 3.05) is 5.32 Å². The van der Waals surface area contributed by atoms with Gasteiger partial charge in [-0.2, -0.15) is 5.10 Å². The molecule has 1 aromatic carbocycles. The van der Waals surface area contributed by atoms with Crippen molar-refractivity contribution in [1.82, 2.24) is 25.1 Å². The normalized spacial score (nSPS) is 15.8. The zero-order valence-corrected chi connectivity index (χ0v) is 23.5. The van der Waals surface area contributed by atoms with Gasteiger partial charge >= 0.3 is 0 Å². The number of nitrogens with zero attached hydrogens (tertiary/aromatic N) is 3. The van der Waals surface area contributed by atoms with Gasteiger partial charge in [-0.15, -0.1) is 0 Å². The third-order valence-electron chi connectivity index (χ3n) is 8.15. The van der Waals surface area contributed by atoms with Crippen molar-refractivity contribution in [3.63, 3.8) is 0 Å². The molecule has 1 saturated carbocycles. The van der Waals surface area contributed by atoms with Crippen molar-refractivity contribution < 1.29 is 9.18 Å². The lowest BCUT2D eigenvalue weighted by Crippen LogP contribution is -2.26. The highest BCUT2D eigenvalue weighted by Gasteiger charge is 2.18. The molecule has 42 heavy (non-hydrogen) atoms. The molecule has 1 fully saturated rings. The van der Waals surface area contributed by atoms with Crippen LogP contribution in [0, 0.1) is 11.7 Å². The molecule has 0 bridgehead atoms. The van der Waals surface area contributed by atoms with Crippen molar-refractivity contribution in [2.24, 2.45) is 11.7 Å². The largest absolute Gasteiger partial charge is 0.403 e. The van der Waals surface area contributed by atoms with Crippen molar-refractivity contribution in [2.45, 2.75) is 51.4 Å². The number of pyridine rings is 2. The Kier molecular flexibility index (Phi) is 7.81. The fourth-order valence-corrected chi connectivity index (χ4v) is 5.92. The summed E-state index contributed by atoms with van der Waals surface area (Å²) in [5.74, 6) is 0.134. The molecule has 1 unspecified atom stereocenters. The van der Waals surface area contributed by atoms with E-state index in [1.165, 1.54) is 31.5 Å². The number of aromatic nitrogens is 5. The van der Waals surface area contributed by atoms with Gasteiger partial charge in [-0.25, -0.2) is 4.39 Å². The lowest BCUT2D eigenvalue weighted by Gasteiger charge is -2.20. The molecule has 9 heteroatoms. The van der Waals surface area contributed by atoms with E-state index in [2.05, 4.69) is 43.5 Å². The highest BCUT2D eigenvalue weighted by Crippen LogP contribution is 2.32. The topological polar surface area (TPSA) is 125 Å². The third kappa shape index (κ3) is 5.68. The number of H-pyrrole nitrogens is 2. The Morgan fingerprint density at radius 3 is 2.71 bits per heavy atom. The number of halogens is 1. The highest BCUT2D eigenvalue weighted by atomic mass is 19.1. The first-order chi connectivity index (χ1) is 20.5. The summed E-state index contributed by atoms with van der Waals surface area (Å²) in [6, 6.07) is 10.6. The standard InChI is InChI=1S/C33H34FN7O/c1-20(22-13-23(17-36-16-22)38-32(42)12-21-7-3-2-4-8-21)11-26-30(15-35)40-41-33(26)29-14-25-27(18-37-19-31(25)39-29)24-9-5-6-10-28(24)34/h5-6,9-11,13-21,39-40H,2-4,7-8,12,35H2,1H3,(H,38,42)/b26-11+,30-15+. The predicted molar refractivity (Wildman–Crippen MR) is 164 cm³/mol. The van der Waals surface area contributed by atoms with Gasteiger partial charge in [0.1, 0.15) is 11.5 Å². The van der Waals surface area contributed by atoms with Crippen LogP contribution in [0.15, 0.2) is 61.2 Å². The lowest BCUT2D eigenvalue weighted by atomic mass is 9.87. The molecule has 4 heterocycles. The molecule has 5 aromatic rings. The third-order valence-corrected chi connectivity index (χ3v) is 8.15. The van der Waals surface area contributed by atoms with Crippen molar-refractivity contribution in [3.8, 4) is 22.5 Å². The lowest BCUT2D eigenvalue weighted by molar-refractivity contribution is -0.117. The monoisotopic (exact) mass is 563 g/mol. The summed E-state index contributed by atoms with van der Waals surface area (Å²) >= 11 is 0. The van der Waals surface area contributed by atoms with Gasteiger partial charge in [0.25, 0.3) is 0 Å². The van der Waals surface area contributed by atoms with Gasteiger partial charge < -0.3 is 16.0 Å². The Labute approximate surface area is 243 Å². The maximum Gasteiger partial charge on any atom is 0.224 e. The average Bonchev–Trinajstić information content (AvgIpc) is 3.62. The van der Waals surface area contributed by atoms with Crippen LogP contribution >= 0.6 is 0 Å². The predicted octanol–water partition coefficient (Wildman–Crippen LogP) is 5.34. The van der Waals surface area contributed by atoms with Gasteiger partial charge in [-0.1, -0.05) is 50.5 Å². The minimum Gasteiger partial charge on any atom is -0.403 e. The minimum absolute atomic E-state index is 0.0395. The average molecular weight is 564 g/mol. The second-order valence-corrected chi connectivity index (χ2v) is 11.1. The molecule has 1 atom stereocenters. The van der Waals surface area contributed by atoms with Crippen LogP contribution in [0.5, 0.6) is 0 Å². The number of hydrogen-bond donors (Lipinski definition) is 4. The van der Waals surface area contributed by atoms with E-state index in [0.717, 1.165) is 40.2 Å². The Morgan fingerprint density at radius 2 is 1.90 bits per heavy atom. The minimum atomic E-state index is -0.307. The SMILES string of the molecule is CC(/C=c1/c(-c2cc3c(-c4ccccc4F)cncc3[nH]2)n[nH]/c1=C/N)c1cncc(NC(=O)CC2CCCCC2)c1. The first kappa shape index (κ1) is 27.4. The van der Waals surface area contributed by atoms with Crippen LogP contribution in [0.4, 0.5) is 10.1 Å². The number of nitrogens with two attached hydrogens (primary N) is 1. The van der Waals surface area contributed by atoms with Crippen LogP contribution in [0.1, 0.15) is 56.9 Å². The number of nitrogens with one attached hydrogen (secondary N) is 3. The van der Waals surface area contributed by atoms with Gasteiger partial charge in [0.15, 0.2) is 0 Å². The van der Waals surface area contributed by atoms with Crippen LogP contribution < -0.4 is 21.6 Å². The number of aromatic amines is 2. The van der Waals surface area contributed by atoms with Crippen molar-refractivity contribution >= 4 is 34.8 Å². The first-order valence-corrected chi connectivity index (χ1v) is 14.4. The van der Waals surface area contributed by atoms with Crippen LogP contribution in [-0.2, 0) is 4.79 Å². The van der Waals surface area contributed by atoms with Crippen LogP contribution in [0.2, 0.25) is 0 Å². The molecule has 8 nitrogen and oxygen atoms in total. The highest BCUT2D eigenvalue weighted by molar-refractivity contribution is 5.97. The molecule has 0 saturated heterocycles. The summed E-state index contributed by atoms with van der Waals surface area (Å²) in [4.78, 5) is 24.8. The maximum atomic E-state index is 14.6. The van der Waals surface area contributed by atoms with E-state index in [0.29, 0.717) is 40.2 Å². The number of carbonyl (C=O) groups is 1. The molecular weight excluding hydrogens is 529 g/mol. The molecule has 214 valence electrons. The Morgan fingerprint density at radius 1 is 1.10 bits per heavy atom. The fraction of sp³-hybridized carbons (Fsp3) is 0.273. The smallest absolute Gasteiger partial charge is 0.224 e. The van der Waals surface area contributed by atoms with Gasteiger partial charge in [0, 0.05) is 52.7 Å². The molecular formula is C33H34FN7O. The van der Waals surface area contributed by atoms with E-state index in [1.54, 1.807) is 36.9 Å². The summed E-state index contributed by atoms with van der Waals surface area (Å²) in [6.45, 7) is 2.06. The molecule has 1 aliphatic carbocycles. The number of fused-ring (bicyclic) bond motifs is 1. The number of anilines is 1. The molecule has 0 radical (unpaired) electrons. The summed E-state index contributed by atoms with van der Waals surface area (Å²) < 4.78 is 14.6. The van der Waals surface area contributed by atoms with Crippen LogP contribution in [0.25, 0.3) is 45.7 Å². The Hall–Kier alpha value is -4.79. The van der Waals surface area contributed by atoms with E-state index in [-0.39, 0.29) is 17.6 Å². The molecule has 1 amide bonds. The molecule has 0 spiro atoms. The summed E-state index contributed by atoms with van der Waals surface area (Å²) in [5, 5.41) is 13.0. The second kappa shape index (κ2) is 12.0. The van der Waals surface area contributed by atoms with E-state index in [9.17, 15) is 9.18 Å². The van der Waals surface area contributed by atoms with E-state index in [1.807, 2.05) is 18.2 Å². The fourth-order valence-electron chi connectivity index (χ4n) is 5.92. The summed E-state index contributed by atoms with van der Waals surface area (Å²) in [7, 11) is 0. The van der Waals surface area contributed by atoms with Crippen LogP contribution in [0.3, 0.4) is 0 Å². The van der Waals surface area contributed by atoms with Gasteiger partial charge in [-0.05, 0) is 42.5 Å². The Balaban J connectivity index is 1.31. The molecule has 5 N–H and O–H groups in total. The Bertz CT molecular complexity index is 1850. The van der Waals surface area contributed by atoms with Crippen LogP contribution in [-0.4, -0.2) is 31.1 Å². The van der Waals surface area contributed by atoms with E-state index in [4.69, 9.17) is 5.73 Å². The summed E-state index contributed by atoms with van der Waals surface area (Å²) in [6.07, 6.45) is 16.9. The number of carbonyl (C=O) groups excluding carboxylic acids is 1. The first-order valence-electron chi connectivity index (χ1n) is 14.4. The second-order valence-electron chi connectivity index (χ2n) is 11.1. The zero-order chi connectivity index (χ0) is 29.1. The molecule has 0 aliphatic heterocycles. The molecule has 6 rings (SSSR count). The molecule has 1 aliphatic rings. The van der Waals surface area contributed by atoms with Crippen molar-refractivity contribution in [3.05, 3.63) is 83.1 Å². The number of hydrogen-bond acceptors (Lipinski definition) is 5. The number of benzene rings is 1.